The first kappa shape index (κ1) is 17.3. The molecule has 0 spiro atoms. The van der Waals surface area contributed by atoms with E-state index in [2.05, 4.69) is 74.1 Å². The Labute approximate surface area is 132 Å². The van der Waals surface area contributed by atoms with Crippen molar-refractivity contribution < 1.29 is 4.74 Å². The molecule has 0 aromatic carbocycles. The predicted octanol–water partition coefficient (Wildman–Crippen LogP) is 4.73. The lowest BCUT2D eigenvalue weighted by Crippen LogP contribution is -2.58. The molecule has 2 heterocycles. The summed E-state index contributed by atoms with van der Waals surface area (Å²) in [6.07, 6.45) is 1.49. The van der Waals surface area contributed by atoms with E-state index < -0.39 is 0 Å². The van der Waals surface area contributed by atoms with E-state index in [-0.39, 0.29) is 16.6 Å². The summed E-state index contributed by atoms with van der Waals surface area (Å²) < 4.78 is 6.78. The number of fused-ring (bicyclic) bond motifs is 2. The van der Waals surface area contributed by atoms with E-state index in [9.17, 15) is 0 Å². The van der Waals surface area contributed by atoms with Gasteiger partial charge in [-0.3, -0.25) is 4.90 Å². The van der Waals surface area contributed by atoms with E-state index in [1.807, 2.05) is 0 Å². The van der Waals surface area contributed by atoms with E-state index in [1.165, 1.54) is 0 Å². The minimum absolute atomic E-state index is 0.0359. The van der Waals surface area contributed by atoms with Gasteiger partial charge in [-0.15, -0.1) is 0 Å². The second-order valence-corrected chi connectivity index (χ2v) is 10.8. The Morgan fingerprint density at radius 1 is 1.00 bits per heavy atom. The number of ether oxygens (including phenoxy) is 1. The van der Waals surface area contributed by atoms with Gasteiger partial charge in [0.1, 0.15) is 0 Å². The van der Waals surface area contributed by atoms with Crippen LogP contribution in [-0.2, 0) is 4.74 Å². The lowest BCUT2D eigenvalue weighted by atomic mass is 9.76. The van der Waals surface area contributed by atoms with Crippen LogP contribution in [-0.4, -0.2) is 34.7 Å². The molecular weight excluding hydrogens is 258 g/mol. The minimum Gasteiger partial charge on any atom is -0.368 e. The van der Waals surface area contributed by atoms with Crippen molar-refractivity contribution in [1.82, 2.24) is 4.90 Å². The van der Waals surface area contributed by atoms with Gasteiger partial charge in [0.15, 0.2) is 0 Å². The summed E-state index contributed by atoms with van der Waals surface area (Å²) in [5, 5.41) is 0. The zero-order valence-electron chi connectivity index (χ0n) is 16.0. The molecule has 2 bridgehead atoms. The molecule has 2 aliphatic rings. The fourth-order valence-corrected chi connectivity index (χ4v) is 4.54. The van der Waals surface area contributed by atoms with Crippen molar-refractivity contribution in [2.45, 2.75) is 98.9 Å². The molecule has 124 valence electrons. The zero-order chi connectivity index (χ0) is 16.4. The molecule has 2 heteroatoms. The fraction of sp³-hybridized carbons (Fsp3) is 1.00. The average Bonchev–Trinajstić information content (AvgIpc) is 2.61. The van der Waals surface area contributed by atoms with Crippen LogP contribution in [0.2, 0.25) is 0 Å². The van der Waals surface area contributed by atoms with E-state index in [1.54, 1.807) is 0 Å². The van der Waals surface area contributed by atoms with Gasteiger partial charge in [-0.2, -0.15) is 0 Å². The van der Waals surface area contributed by atoms with Crippen molar-refractivity contribution in [3.8, 4) is 0 Å². The molecule has 2 fully saturated rings. The number of likely N-dealkylation sites (tertiary alicyclic amines) is 1. The summed E-state index contributed by atoms with van der Waals surface area (Å²) in [7, 11) is 0. The van der Waals surface area contributed by atoms with E-state index in [0.29, 0.717) is 23.5 Å². The smallest absolute Gasteiger partial charge is 0.0860 e. The van der Waals surface area contributed by atoms with Crippen LogP contribution in [0.4, 0.5) is 0 Å². The van der Waals surface area contributed by atoms with Crippen LogP contribution in [0.5, 0.6) is 0 Å². The van der Waals surface area contributed by atoms with Gasteiger partial charge < -0.3 is 4.74 Å². The maximum absolute atomic E-state index is 6.78. The van der Waals surface area contributed by atoms with Gasteiger partial charge in [0.05, 0.1) is 11.7 Å². The summed E-state index contributed by atoms with van der Waals surface area (Å²) in [6.45, 7) is 24.6. The van der Waals surface area contributed by atoms with Crippen molar-refractivity contribution in [3.05, 3.63) is 0 Å². The molecule has 4 unspecified atom stereocenters. The van der Waals surface area contributed by atoms with Crippen LogP contribution in [0.1, 0.15) is 75.7 Å². The molecule has 0 aliphatic carbocycles. The lowest BCUT2D eigenvalue weighted by molar-refractivity contribution is -0.161. The molecule has 0 radical (unpaired) electrons. The highest BCUT2D eigenvalue weighted by atomic mass is 16.5. The monoisotopic (exact) mass is 295 g/mol. The zero-order valence-corrected chi connectivity index (χ0v) is 16.0. The summed E-state index contributed by atoms with van der Waals surface area (Å²) in [5.41, 5.74) is 0.752. The third-order valence-corrected chi connectivity index (χ3v) is 5.36. The second kappa shape index (κ2) is 4.71. The lowest BCUT2D eigenvalue weighted by Gasteiger charge is -2.48. The Hall–Kier alpha value is -0.0800. The van der Waals surface area contributed by atoms with Crippen LogP contribution < -0.4 is 0 Å². The summed E-state index contributed by atoms with van der Waals surface area (Å²) in [6, 6.07) is 0.548. The highest BCUT2D eigenvalue weighted by Crippen LogP contribution is 2.56. The molecule has 21 heavy (non-hydrogen) atoms. The Bertz CT molecular complexity index is 369. The van der Waals surface area contributed by atoms with Crippen LogP contribution in [0.25, 0.3) is 0 Å². The minimum atomic E-state index is 0.0359. The van der Waals surface area contributed by atoms with Gasteiger partial charge >= 0.3 is 0 Å². The summed E-state index contributed by atoms with van der Waals surface area (Å²) >= 11 is 0. The van der Waals surface area contributed by atoms with Crippen molar-refractivity contribution in [3.63, 3.8) is 0 Å². The molecule has 0 N–H and O–H groups in total. The summed E-state index contributed by atoms with van der Waals surface area (Å²) in [4.78, 5) is 2.73. The molecule has 2 saturated heterocycles. The Morgan fingerprint density at radius 3 is 1.90 bits per heavy atom. The Kier molecular flexibility index (Phi) is 3.87. The molecule has 4 atom stereocenters. The van der Waals surface area contributed by atoms with Crippen LogP contribution >= 0.6 is 0 Å². The van der Waals surface area contributed by atoms with Crippen molar-refractivity contribution in [2.75, 3.05) is 6.54 Å². The van der Waals surface area contributed by atoms with E-state index >= 15 is 0 Å². The van der Waals surface area contributed by atoms with Crippen molar-refractivity contribution >= 4 is 0 Å². The Morgan fingerprint density at radius 2 is 1.52 bits per heavy atom. The first-order valence-corrected chi connectivity index (χ1v) is 8.62. The fourth-order valence-electron chi connectivity index (χ4n) is 4.54. The molecule has 0 amide bonds. The first-order chi connectivity index (χ1) is 9.17. The van der Waals surface area contributed by atoms with Gasteiger partial charge in [0, 0.05) is 24.0 Å². The molecule has 0 aromatic rings. The largest absolute Gasteiger partial charge is 0.368 e. The standard InChI is InChI=1S/C19H37NO/c1-13-14-15(17(5,6)7)21-19(13,11-16(2,3)4)12-20(14)18(8,9)10/h13-15H,11-12H2,1-10H3. The summed E-state index contributed by atoms with van der Waals surface area (Å²) in [5.74, 6) is 0.611. The number of rotatable bonds is 1. The number of hydrogen-bond donors (Lipinski definition) is 0. The van der Waals surface area contributed by atoms with Gasteiger partial charge in [-0.1, -0.05) is 48.5 Å². The SMILES string of the molecule is CC1C2C(C(C)(C)C)OC1(CC(C)(C)C)CN2C(C)(C)C. The third kappa shape index (κ3) is 3.03. The average molecular weight is 296 g/mol. The molecular formula is C19H37NO. The maximum atomic E-state index is 6.78. The quantitative estimate of drug-likeness (QED) is 0.693. The first-order valence-electron chi connectivity index (χ1n) is 8.62. The molecule has 2 nitrogen and oxygen atoms in total. The highest BCUT2D eigenvalue weighted by Gasteiger charge is 2.65. The third-order valence-electron chi connectivity index (χ3n) is 5.36. The van der Waals surface area contributed by atoms with Gasteiger partial charge in [-0.05, 0) is 38.0 Å². The van der Waals surface area contributed by atoms with E-state index in [4.69, 9.17) is 4.74 Å². The van der Waals surface area contributed by atoms with Gasteiger partial charge in [0.25, 0.3) is 0 Å². The number of hydrogen-bond acceptors (Lipinski definition) is 2. The topological polar surface area (TPSA) is 12.5 Å². The van der Waals surface area contributed by atoms with E-state index in [0.717, 1.165) is 13.0 Å². The molecule has 2 aliphatic heterocycles. The highest BCUT2D eigenvalue weighted by molar-refractivity contribution is 5.16. The van der Waals surface area contributed by atoms with Crippen LogP contribution in [0.3, 0.4) is 0 Å². The van der Waals surface area contributed by atoms with Gasteiger partial charge in [0.2, 0.25) is 0 Å². The molecule has 0 saturated carbocycles. The van der Waals surface area contributed by atoms with Gasteiger partial charge in [-0.25, -0.2) is 0 Å². The normalized spacial score (nSPS) is 38.3. The second-order valence-electron chi connectivity index (χ2n) is 10.8. The van der Waals surface area contributed by atoms with Crippen LogP contribution in [0.15, 0.2) is 0 Å². The number of nitrogens with zero attached hydrogens (tertiary/aromatic N) is 1. The maximum Gasteiger partial charge on any atom is 0.0860 e. The van der Waals surface area contributed by atoms with Crippen molar-refractivity contribution in [2.24, 2.45) is 16.7 Å². The molecule has 2 rings (SSSR count). The van der Waals surface area contributed by atoms with Crippen molar-refractivity contribution in [1.29, 1.82) is 0 Å². The predicted molar refractivity (Wildman–Crippen MR) is 90.5 cm³/mol. The van der Waals surface area contributed by atoms with Crippen LogP contribution in [0, 0.1) is 16.7 Å². The number of morpholine rings is 1. The Balaban J connectivity index is 2.40. The molecule has 0 aromatic heterocycles.